The van der Waals surface area contributed by atoms with E-state index in [1.54, 1.807) is 25.9 Å². The molecule has 1 unspecified atom stereocenters. The van der Waals surface area contributed by atoms with Crippen molar-refractivity contribution in [3.05, 3.63) is 70.5 Å². The molecular weight excluding hydrogens is 429 g/mol. The summed E-state index contributed by atoms with van der Waals surface area (Å²) < 4.78 is 91.1. The van der Waals surface area contributed by atoms with E-state index < -0.39 is 40.7 Å². The van der Waals surface area contributed by atoms with Crippen LogP contribution < -0.4 is 5.32 Å². The van der Waals surface area contributed by atoms with Crippen molar-refractivity contribution in [1.29, 1.82) is 0 Å². The molecule has 0 saturated heterocycles. The summed E-state index contributed by atoms with van der Waals surface area (Å²) in [6.45, 7) is 1.38. The average molecular weight is 450 g/mol. The van der Waals surface area contributed by atoms with Crippen LogP contribution in [0.15, 0.2) is 42.5 Å². The lowest BCUT2D eigenvalue weighted by Crippen LogP contribution is -2.51. The van der Waals surface area contributed by atoms with Crippen molar-refractivity contribution in [3.8, 4) is 0 Å². The molecule has 0 heterocycles. The number of halogens is 7. The van der Waals surface area contributed by atoms with Crippen LogP contribution >= 0.6 is 0 Å². The monoisotopic (exact) mass is 450 g/mol. The minimum Gasteiger partial charge on any atom is -0.354 e. The van der Waals surface area contributed by atoms with Crippen LogP contribution in [0.5, 0.6) is 0 Å². The van der Waals surface area contributed by atoms with Gasteiger partial charge in [-0.1, -0.05) is 12.1 Å². The molecule has 0 aliphatic heterocycles. The normalized spacial score (nSPS) is 14.4. The molecule has 0 radical (unpaired) electrons. The van der Waals surface area contributed by atoms with E-state index in [9.17, 15) is 35.5 Å². The van der Waals surface area contributed by atoms with E-state index in [1.807, 2.05) is 0 Å². The lowest BCUT2D eigenvalue weighted by atomic mass is 9.89. The van der Waals surface area contributed by atoms with Crippen LogP contribution in [-0.2, 0) is 29.1 Å². The fourth-order valence-electron chi connectivity index (χ4n) is 3.02. The molecule has 0 aromatic heterocycles. The Bertz CT molecular complexity index is 889. The molecule has 31 heavy (non-hydrogen) atoms. The maximum absolute atomic E-state index is 13.2. The highest BCUT2D eigenvalue weighted by Gasteiger charge is 2.38. The van der Waals surface area contributed by atoms with Crippen molar-refractivity contribution in [2.24, 2.45) is 0 Å². The van der Waals surface area contributed by atoms with Gasteiger partial charge in [0.15, 0.2) is 0 Å². The van der Waals surface area contributed by atoms with Crippen LogP contribution in [0.3, 0.4) is 0 Å². The number of amides is 1. The van der Waals surface area contributed by atoms with Gasteiger partial charge in [-0.25, -0.2) is 4.39 Å². The molecule has 0 fully saturated rings. The van der Waals surface area contributed by atoms with Gasteiger partial charge in [0, 0.05) is 6.54 Å². The van der Waals surface area contributed by atoms with Gasteiger partial charge in [0.25, 0.3) is 0 Å². The molecule has 3 nitrogen and oxygen atoms in total. The molecule has 10 heteroatoms. The van der Waals surface area contributed by atoms with Gasteiger partial charge in [-0.2, -0.15) is 26.3 Å². The minimum absolute atomic E-state index is 0.0553. The Morgan fingerprint density at radius 1 is 0.871 bits per heavy atom. The van der Waals surface area contributed by atoms with E-state index >= 15 is 0 Å². The van der Waals surface area contributed by atoms with E-state index in [4.69, 9.17) is 0 Å². The predicted molar refractivity (Wildman–Crippen MR) is 101 cm³/mol. The Morgan fingerprint density at radius 2 is 1.35 bits per heavy atom. The van der Waals surface area contributed by atoms with Crippen molar-refractivity contribution in [1.82, 2.24) is 10.2 Å². The summed E-state index contributed by atoms with van der Waals surface area (Å²) in [5.74, 6) is -1.03. The van der Waals surface area contributed by atoms with Crippen molar-refractivity contribution < 1.29 is 35.5 Å². The highest BCUT2D eigenvalue weighted by molar-refractivity contribution is 5.87. The molecule has 0 bridgehead atoms. The number of alkyl halides is 6. The average Bonchev–Trinajstić information content (AvgIpc) is 2.66. The third-order valence-corrected chi connectivity index (χ3v) is 5.09. The third kappa shape index (κ3) is 5.75. The Kier molecular flexibility index (Phi) is 7.04. The number of likely N-dealkylation sites (N-methyl/N-ethyl adjacent to an activating group) is 1. The van der Waals surface area contributed by atoms with Crippen molar-refractivity contribution in [2.75, 3.05) is 20.6 Å². The quantitative estimate of drug-likeness (QED) is 0.629. The van der Waals surface area contributed by atoms with Gasteiger partial charge in [0.2, 0.25) is 5.91 Å². The first-order chi connectivity index (χ1) is 14.2. The number of nitrogens with zero attached hydrogens (tertiary/aromatic N) is 1. The van der Waals surface area contributed by atoms with Gasteiger partial charge in [-0.05, 0) is 68.9 Å². The second-order valence-electron chi connectivity index (χ2n) is 7.39. The predicted octanol–water partition coefficient (Wildman–Crippen LogP) is 5.00. The molecule has 0 aliphatic carbocycles. The Morgan fingerprint density at radius 3 is 1.77 bits per heavy atom. The summed E-state index contributed by atoms with van der Waals surface area (Å²) in [5.41, 5.74) is -3.80. The standard InChI is InChI=1S/C21H21F7N2O/c1-19(30(2)3,14-4-6-17(22)7-5-14)18(31)29-9-8-13-10-15(20(23,24)25)12-16(11-13)21(26,27)28/h4-7,10-12H,8-9H2,1-3H3,(H,29,31). The zero-order chi connectivity index (χ0) is 23.6. The summed E-state index contributed by atoms with van der Waals surface area (Å²) in [4.78, 5) is 14.4. The van der Waals surface area contributed by atoms with E-state index in [1.165, 1.54) is 24.3 Å². The van der Waals surface area contributed by atoms with Crippen LogP contribution in [0, 0.1) is 5.82 Å². The molecular formula is C21H21F7N2O. The number of hydrogen-bond donors (Lipinski definition) is 1. The lowest BCUT2D eigenvalue weighted by Gasteiger charge is -2.35. The zero-order valence-corrected chi connectivity index (χ0v) is 17.0. The number of carbonyl (C=O) groups excluding carboxylic acids is 1. The van der Waals surface area contributed by atoms with Crippen LogP contribution in [0.2, 0.25) is 0 Å². The van der Waals surface area contributed by atoms with Gasteiger partial charge in [0.1, 0.15) is 11.4 Å². The van der Waals surface area contributed by atoms with E-state index in [0.717, 1.165) is 0 Å². The van der Waals surface area contributed by atoms with Crippen molar-refractivity contribution in [3.63, 3.8) is 0 Å². The molecule has 0 spiro atoms. The Balaban J connectivity index is 2.21. The molecule has 2 aromatic carbocycles. The molecule has 2 aromatic rings. The van der Waals surface area contributed by atoms with Gasteiger partial charge >= 0.3 is 12.4 Å². The van der Waals surface area contributed by atoms with Gasteiger partial charge in [-0.3, -0.25) is 9.69 Å². The van der Waals surface area contributed by atoms with Crippen LogP contribution in [0.25, 0.3) is 0 Å². The number of nitrogens with one attached hydrogen (secondary N) is 1. The fraction of sp³-hybridized carbons (Fsp3) is 0.381. The number of carbonyl (C=O) groups is 1. The van der Waals surface area contributed by atoms with Gasteiger partial charge in [-0.15, -0.1) is 0 Å². The fourth-order valence-corrected chi connectivity index (χ4v) is 3.02. The van der Waals surface area contributed by atoms with Crippen LogP contribution in [0.1, 0.15) is 29.2 Å². The Labute approximate surface area is 174 Å². The summed E-state index contributed by atoms with van der Waals surface area (Å²) in [5, 5.41) is 2.55. The molecule has 2 rings (SSSR count). The molecule has 0 aliphatic rings. The first-order valence-electron chi connectivity index (χ1n) is 9.16. The lowest BCUT2D eigenvalue weighted by molar-refractivity contribution is -0.143. The maximum atomic E-state index is 13.2. The zero-order valence-electron chi connectivity index (χ0n) is 17.0. The number of benzene rings is 2. The highest BCUT2D eigenvalue weighted by atomic mass is 19.4. The van der Waals surface area contributed by atoms with Crippen molar-refractivity contribution >= 4 is 5.91 Å². The first kappa shape index (κ1) is 24.6. The molecule has 170 valence electrons. The van der Waals surface area contributed by atoms with Gasteiger partial charge in [0.05, 0.1) is 11.1 Å². The smallest absolute Gasteiger partial charge is 0.354 e. The molecule has 1 N–H and O–H groups in total. The summed E-state index contributed by atoms with van der Waals surface area (Å²) in [6.07, 6.45) is -10.1. The van der Waals surface area contributed by atoms with E-state index in [-0.39, 0.29) is 24.6 Å². The van der Waals surface area contributed by atoms with Crippen molar-refractivity contribution in [2.45, 2.75) is 31.2 Å². The molecule has 1 atom stereocenters. The highest BCUT2D eigenvalue weighted by Crippen LogP contribution is 2.36. The first-order valence-corrected chi connectivity index (χ1v) is 9.16. The number of hydrogen-bond acceptors (Lipinski definition) is 2. The summed E-state index contributed by atoms with van der Waals surface area (Å²) in [7, 11) is 3.23. The van der Waals surface area contributed by atoms with Gasteiger partial charge < -0.3 is 5.32 Å². The third-order valence-electron chi connectivity index (χ3n) is 5.09. The second kappa shape index (κ2) is 8.86. The molecule has 0 saturated carbocycles. The Hall–Kier alpha value is -2.62. The largest absolute Gasteiger partial charge is 0.416 e. The second-order valence-corrected chi connectivity index (χ2v) is 7.39. The molecule has 1 amide bonds. The van der Waals surface area contributed by atoms with Crippen LogP contribution in [-0.4, -0.2) is 31.4 Å². The topological polar surface area (TPSA) is 32.3 Å². The summed E-state index contributed by atoms with van der Waals surface area (Å²) >= 11 is 0. The van der Waals surface area contributed by atoms with E-state index in [0.29, 0.717) is 17.7 Å². The number of rotatable bonds is 6. The van der Waals surface area contributed by atoms with E-state index in [2.05, 4.69) is 5.32 Å². The maximum Gasteiger partial charge on any atom is 0.416 e. The summed E-state index contributed by atoms with van der Waals surface area (Å²) in [6, 6.07) is 6.55. The SMILES string of the molecule is CN(C)C(C)(C(=O)NCCc1cc(C(F)(F)F)cc(C(F)(F)F)c1)c1ccc(F)cc1. The minimum atomic E-state index is -4.94. The van der Waals surface area contributed by atoms with Crippen LogP contribution in [0.4, 0.5) is 30.7 Å².